The molecule has 0 aromatic heterocycles. The molecular formula is C20H22N2O3. The van der Waals surface area contributed by atoms with Gasteiger partial charge in [-0.3, -0.25) is 9.59 Å². The van der Waals surface area contributed by atoms with Gasteiger partial charge in [0.1, 0.15) is 5.75 Å². The molecule has 0 radical (unpaired) electrons. The zero-order chi connectivity index (χ0) is 17.8. The number of carbonyl (C=O) groups is 2. The first kappa shape index (κ1) is 17.0. The average molecular weight is 338 g/mol. The molecule has 3 rings (SSSR count). The van der Waals surface area contributed by atoms with Crippen LogP contribution in [0.5, 0.6) is 5.75 Å². The maximum absolute atomic E-state index is 12.5. The number of nitrogens with zero attached hydrogens (tertiary/aromatic N) is 1. The van der Waals surface area contributed by atoms with E-state index >= 15 is 0 Å². The number of nitrogens with one attached hydrogen (secondary N) is 1. The summed E-state index contributed by atoms with van der Waals surface area (Å²) in [6, 6.07) is 15.0. The van der Waals surface area contributed by atoms with Crippen molar-refractivity contribution in [2.24, 2.45) is 5.92 Å². The smallest absolute Gasteiger partial charge is 0.229 e. The van der Waals surface area contributed by atoms with Gasteiger partial charge < -0.3 is 15.0 Å². The molecule has 1 N–H and O–H groups in total. The summed E-state index contributed by atoms with van der Waals surface area (Å²) in [7, 11) is 1.60. The molecule has 1 unspecified atom stereocenters. The fourth-order valence-corrected chi connectivity index (χ4v) is 3.11. The predicted octanol–water partition coefficient (Wildman–Crippen LogP) is 3.25. The molecule has 0 aliphatic carbocycles. The standard InChI is InChI=1S/C20H22N2O3/c1-3-14-6-4-5-7-18(14)22-13-15(12-19(22)23)20(24)21-16-8-10-17(25-2)11-9-16/h4-11,15H,3,12-13H2,1-2H3,(H,21,24). The molecule has 1 aliphatic heterocycles. The predicted molar refractivity (Wildman–Crippen MR) is 97.9 cm³/mol. The lowest BCUT2D eigenvalue weighted by molar-refractivity contribution is -0.122. The second-order valence-corrected chi connectivity index (χ2v) is 6.11. The maximum Gasteiger partial charge on any atom is 0.229 e. The Morgan fingerprint density at radius 2 is 1.92 bits per heavy atom. The van der Waals surface area contributed by atoms with Crippen molar-refractivity contribution in [3.63, 3.8) is 0 Å². The van der Waals surface area contributed by atoms with Crippen LogP contribution in [0.3, 0.4) is 0 Å². The van der Waals surface area contributed by atoms with Gasteiger partial charge in [-0.05, 0) is 42.3 Å². The number of amides is 2. The molecule has 5 heteroatoms. The zero-order valence-electron chi connectivity index (χ0n) is 14.5. The Balaban J connectivity index is 1.70. The van der Waals surface area contributed by atoms with Crippen LogP contribution in [-0.4, -0.2) is 25.5 Å². The molecule has 2 aromatic rings. The highest BCUT2D eigenvalue weighted by Gasteiger charge is 2.35. The molecule has 0 spiro atoms. The Bertz CT molecular complexity index is 771. The number of ether oxygens (including phenoxy) is 1. The van der Waals surface area contributed by atoms with Gasteiger partial charge in [0.25, 0.3) is 0 Å². The van der Waals surface area contributed by atoms with Crippen molar-refractivity contribution in [2.75, 3.05) is 23.9 Å². The largest absolute Gasteiger partial charge is 0.497 e. The van der Waals surface area contributed by atoms with E-state index in [-0.39, 0.29) is 24.2 Å². The molecule has 0 bridgehead atoms. The van der Waals surface area contributed by atoms with Gasteiger partial charge in [0.2, 0.25) is 11.8 Å². The van der Waals surface area contributed by atoms with Gasteiger partial charge in [-0.15, -0.1) is 0 Å². The minimum absolute atomic E-state index is 0.00391. The van der Waals surface area contributed by atoms with Crippen molar-refractivity contribution in [1.29, 1.82) is 0 Å². The summed E-state index contributed by atoms with van der Waals surface area (Å²) in [6.45, 7) is 2.48. The van der Waals surface area contributed by atoms with Crippen LogP contribution in [-0.2, 0) is 16.0 Å². The highest BCUT2D eigenvalue weighted by atomic mass is 16.5. The van der Waals surface area contributed by atoms with E-state index in [0.29, 0.717) is 12.2 Å². The molecule has 130 valence electrons. The Kier molecular flexibility index (Phi) is 5.03. The number of rotatable bonds is 5. The van der Waals surface area contributed by atoms with E-state index < -0.39 is 0 Å². The molecule has 2 amide bonds. The van der Waals surface area contributed by atoms with Crippen molar-refractivity contribution in [3.8, 4) is 5.75 Å². The number of anilines is 2. The van der Waals surface area contributed by atoms with Crippen LogP contribution in [0.15, 0.2) is 48.5 Å². The van der Waals surface area contributed by atoms with Crippen LogP contribution >= 0.6 is 0 Å². The van der Waals surface area contributed by atoms with Crippen molar-refractivity contribution < 1.29 is 14.3 Å². The molecular weight excluding hydrogens is 316 g/mol. The van der Waals surface area contributed by atoms with Gasteiger partial charge >= 0.3 is 0 Å². The first-order valence-corrected chi connectivity index (χ1v) is 8.45. The lowest BCUT2D eigenvalue weighted by Gasteiger charge is -2.20. The molecule has 1 fully saturated rings. The topological polar surface area (TPSA) is 58.6 Å². The summed E-state index contributed by atoms with van der Waals surface area (Å²) in [5.41, 5.74) is 2.73. The quantitative estimate of drug-likeness (QED) is 0.910. The van der Waals surface area contributed by atoms with Crippen LogP contribution < -0.4 is 15.0 Å². The van der Waals surface area contributed by atoms with E-state index in [1.54, 1.807) is 36.3 Å². The zero-order valence-corrected chi connectivity index (χ0v) is 14.5. The average Bonchev–Trinajstić information content (AvgIpc) is 3.04. The number of para-hydroxylation sites is 1. The Morgan fingerprint density at radius 3 is 2.60 bits per heavy atom. The van der Waals surface area contributed by atoms with Gasteiger partial charge in [-0.2, -0.15) is 0 Å². The van der Waals surface area contributed by atoms with Crippen molar-refractivity contribution >= 4 is 23.2 Å². The van der Waals surface area contributed by atoms with Gasteiger partial charge in [0, 0.05) is 24.3 Å². The summed E-state index contributed by atoms with van der Waals surface area (Å²) in [4.78, 5) is 26.7. The van der Waals surface area contributed by atoms with E-state index in [9.17, 15) is 9.59 Å². The van der Waals surface area contributed by atoms with Crippen molar-refractivity contribution in [1.82, 2.24) is 0 Å². The van der Waals surface area contributed by atoms with Gasteiger partial charge in [0.15, 0.2) is 0 Å². The van der Waals surface area contributed by atoms with Crippen LogP contribution in [0.2, 0.25) is 0 Å². The highest BCUT2D eigenvalue weighted by molar-refractivity contribution is 6.03. The number of benzene rings is 2. The number of hydrogen-bond donors (Lipinski definition) is 1. The summed E-state index contributed by atoms with van der Waals surface area (Å²) in [5, 5.41) is 2.88. The highest BCUT2D eigenvalue weighted by Crippen LogP contribution is 2.29. The molecule has 1 atom stereocenters. The fourth-order valence-electron chi connectivity index (χ4n) is 3.11. The summed E-state index contributed by atoms with van der Waals surface area (Å²) in [5.74, 6) is 0.252. The lowest BCUT2D eigenvalue weighted by atomic mass is 10.1. The van der Waals surface area contributed by atoms with E-state index in [1.165, 1.54) is 0 Å². The SMILES string of the molecule is CCc1ccccc1N1CC(C(=O)Nc2ccc(OC)cc2)CC1=O. The van der Waals surface area contributed by atoms with E-state index in [4.69, 9.17) is 4.74 Å². The van der Waals surface area contributed by atoms with Crippen molar-refractivity contribution in [2.45, 2.75) is 19.8 Å². The first-order valence-electron chi connectivity index (χ1n) is 8.45. The second kappa shape index (κ2) is 7.38. The molecule has 2 aromatic carbocycles. The number of carbonyl (C=O) groups excluding carboxylic acids is 2. The van der Waals surface area contributed by atoms with Gasteiger partial charge in [-0.1, -0.05) is 25.1 Å². The second-order valence-electron chi connectivity index (χ2n) is 6.11. The van der Waals surface area contributed by atoms with Gasteiger partial charge in [0.05, 0.1) is 13.0 Å². The van der Waals surface area contributed by atoms with Crippen LogP contribution in [0.25, 0.3) is 0 Å². The molecule has 1 heterocycles. The monoisotopic (exact) mass is 338 g/mol. The molecule has 1 saturated heterocycles. The third kappa shape index (κ3) is 3.65. The number of methoxy groups -OCH3 is 1. The Labute approximate surface area is 147 Å². The number of hydrogen-bond acceptors (Lipinski definition) is 3. The normalized spacial score (nSPS) is 16.8. The maximum atomic E-state index is 12.5. The lowest BCUT2D eigenvalue weighted by Crippen LogP contribution is -2.28. The van der Waals surface area contributed by atoms with E-state index in [0.717, 1.165) is 23.4 Å². The third-order valence-corrected chi connectivity index (χ3v) is 4.52. The summed E-state index contributed by atoms with van der Waals surface area (Å²) < 4.78 is 5.11. The fraction of sp³-hybridized carbons (Fsp3) is 0.300. The molecule has 1 aliphatic rings. The molecule has 0 saturated carbocycles. The summed E-state index contributed by atoms with van der Waals surface area (Å²) >= 11 is 0. The van der Waals surface area contributed by atoms with Crippen LogP contribution in [0.1, 0.15) is 18.9 Å². The minimum Gasteiger partial charge on any atom is -0.497 e. The minimum atomic E-state index is -0.348. The van der Waals surface area contributed by atoms with E-state index in [2.05, 4.69) is 12.2 Å². The van der Waals surface area contributed by atoms with Crippen LogP contribution in [0, 0.1) is 5.92 Å². The molecule has 5 nitrogen and oxygen atoms in total. The third-order valence-electron chi connectivity index (χ3n) is 4.52. The number of aryl methyl sites for hydroxylation is 1. The van der Waals surface area contributed by atoms with Gasteiger partial charge in [-0.25, -0.2) is 0 Å². The molecule has 25 heavy (non-hydrogen) atoms. The van der Waals surface area contributed by atoms with Crippen molar-refractivity contribution in [3.05, 3.63) is 54.1 Å². The first-order chi connectivity index (χ1) is 12.1. The van der Waals surface area contributed by atoms with Crippen LogP contribution in [0.4, 0.5) is 11.4 Å². The summed E-state index contributed by atoms with van der Waals surface area (Å²) in [6.07, 6.45) is 1.09. The Hall–Kier alpha value is -2.82. The Morgan fingerprint density at radius 1 is 1.20 bits per heavy atom. The van der Waals surface area contributed by atoms with E-state index in [1.807, 2.05) is 24.3 Å².